The summed E-state index contributed by atoms with van der Waals surface area (Å²) in [7, 11) is 1.77. The van der Waals surface area contributed by atoms with Crippen LogP contribution in [0.3, 0.4) is 0 Å². The molecule has 138 valence electrons. The number of methoxy groups -OCH3 is 1. The van der Waals surface area contributed by atoms with E-state index < -0.39 is 0 Å². The minimum atomic E-state index is -0.248. The van der Waals surface area contributed by atoms with Crippen molar-refractivity contribution in [3.63, 3.8) is 0 Å². The molecule has 0 aromatic heterocycles. The first-order valence-corrected chi connectivity index (χ1v) is 9.63. The minimum Gasteiger partial charge on any atom is -0.378 e. The summed E-state index contributed by atoms with van der Waals surface area (Å²) in [6.45, 7) is 1.55. The topological polar surface area (TPSA) is 62.6 Å². The molecule has 3 fully saturated rings. The smallest absolute Gasteiger partial charge is 0.254 e. The Morgan fingerprint density at radius 3 is 2.92 bits per heavy atom. The number of likely N-dealkylation sites (tertiary alicyclic amines) is 1. The number of nitrogens with zero attached hydrogens (tertiary/aromatic N) is 2. The summed E-state index contributed by atoms with van der Waals surface area (Å²) in [6.07, 6.45) is 6.44. The van der Waals surface area contributed by atoms with E-state index in [0.717, 1.165) is 38.2 Å². The zero-order chi connectivity index (χ0) is 18.1. The molecule has 0 spiro atoms. The summed E-state index contributed by atoms with van der Waals surface area (Å²) < 4.78 is 12.1. The van der Waals surface area contributed by atoms with Crippen molar-refractivity contribution in [1.29, 1.82) is 5.26 Å². The van der Waals surface area contributed by atoms with E-state index in [-0.39, 0.29) is 23.7 Å². The predicted octanol–water partition coefficient (Wildman–Crippen LogP) is 3.14. The Balaban J connectivity index is 1.51. The lowest BCUT2D eigenvalue weighted by atomic mass is 9.79. The van der Waals surface area contributed by atoms with E-state index in [1.807, 2.05) is 4.90 Å². The molecule has 0 N–H and O–H groups in total. The van der Waals surface area contributed by atoms with Gasteiger partial charge in [0.1, 0.15) is 0 Å². The van der Waals surface area contributed by atoms with E-state index in [1.165, 1.54) is 12.8 Å². The van der Waals surface area contributed by atoms with Crippen LogP contribution in [0.15, 0.2) is 24.3 Å². The maximum Gasteiger partial charge on any atom is 0.254 e. The van der Waals surface area contributed by atoms with Crippen LogP contribution in [0.1, 0.15) is 54.4 Å². The van der Waals surface area contributed by atoms with Gasteiger partial charge in [0.15, 0.2) is 0 Å². The van der Waals surface area contributed by atoms with E-state index in [0.29, 0.717) is 17.7 Å². The highest BCUT2D eigenvalue weighted by Gasteiger charge is 2.52. The normalized spacial score (nSPS) is 30.7. The second kappa shape index (κ2) is 7.02. The fourth-order valence-corrected chi connectivity index (χ4v) is 4.50. The third-order valence-electron chi connectivity index (χ3n) is 6.31. The minimum absolute atomic E-state index is 0.00568. The molecule has 1 aromatic carbocycles. The number of carbonyl (C=O) groups excluding carboxylic acids is 1. The Kier molecular flexibility index (Phi) is 4.73. The molecule has 26 heavy (non-hydrogen) atoms. The first kappa shape index (κ1) is 17.5. The molecule has 1 saturated heterocycles. The largest absolute Gasteiger partial charge is 0.378 e. The molecule has 1 amide bonds. The fourth-order valence-electron chi connectivity index (χ4n) is 4.50. The van der Waals surface area contributed by atoms with E-state index in [9.17, 15) is 4.79 Å². The van der Waals surface area contributed by atoms with Crippen LogP contribution in [0.4, 0.5) is 0 Å². The fraction of sp³-hybridized carbons (Fsp3) is 0.619. The van der Waals surface area contributed by atoms with Crippen molar-refractivity contribution in [2.24, 2.45) is 5.92 Å². The van der Waals surface area contributed by atoms with Crippen LogP contribution >= 0.6 is 0 Å². The van der Waals surface area contributed by atoms with Crippen molar-refractivity contribution in [3.05, 3.63) is 35.4 Å². The number of amides is 1. The molecule has 3 atom stereocenters. The van der Waals surface area contributed by atoms with Gasteiger partial charge in [0.05, 0.1) is 29.4 Å². The van der Waals surface area contributed by atoms with Crippen LogP contribution in [0.5, 0.6) is 0 Å². The summed E-state index contributed by atoms with van der Waals surface area (Å²) in [5, 5.41) is 9.11. The van der Waals surface area contributed by atoms with Crippen LogP contribution < -0.4 is 0 Å². The maximum atomic E-state index is 13.1. The Labute approximate surface area is 154 Å². The lowest BCUT2D eigenvalue weighted by Gasteiger charge is -2.43. The molecule has 0 radical (unpaired) electrons. The number of hydrogen-bond acceptors (Lipinski definition) is 4. The second-order valence-corrected chi connectivity index (χ2v) is 7.90. The van der Waals surface area contributed by atoms with Crippen molar-refractivity contribution in [2.45, 2.75) is 56.3 Å². The van der Waals surface area contributed by atoms with Gasteiger partial charge >= 0.3 is 0 Å². The summed E-state index contributed by atoms with van der Waals surface area (Å²) >= 11 is 0. The quantitative estimate of drug-likeness (QED) is 0.815. The lowest BCUT2D eigenvalue weighted by molar-refractivity contribution is -0.0977. The van der Waals surface area contributed by atoms with Gasteiger partial charge < -0.3 is 14.4 Å². The van der Waals surface area contributed by atoms with Gasteiger partial charge in [-0.3, -0.25) is 4.79 Å². The number of nitriles is 1. The van der Waals surface area contributed by atoms with Crippen LogP contribution in [-0.2, 0) is 9.47 Å². The summed E-state index contributed by atoms with van der Waals surface area (Å²) in [6, 6.07) is 9.13. The molecule has 0 unspecified atom stereocenters. The standard InChI is InChI=1S/C21H26N2O3/c1-25-21-8-7-18(26-14-15-5-6-15)12-19(21)23(10-9-21)20(24)17-4-2-3-16(11-17)13-22/h2-4,11,15,18-19H,5-10,12,14H2,1H3/t18-,19+,21-/m1/s1. The van der Waals surface area contributed by atoms with Crippen molar-refractivity contribution < 1.29 is 14.3 Å². The van der Waals surface area contributed by atoms with Crippen molar-refractivity contribution >= 4 is 5.91 Å². The molecule has 0 bridgehead atoms. The monoisotopic (exact) mass is 354 g/mol. The molecule has 2 saturated carbocycles. The molecule has 1 aromatic rings. The molecular formula is C21H26N2O3. The predicted molar refractivity (Wildman–Crippen MR) is 96.7 cm³/mol. The Hall–Kier alpha value is -1.90. The highest BCUT2D eigenvalue weighted by molar-refractivity contribution is 5.95. The highest BCUT2D eigenvalue weighted by Crippen LogP contribution is 2.44. The van der Waals surface area contributed by atoms with Gasteiger partial charge in [0.25, 0.3) is 5.91 Å². The highest BCUT2D eigenvalue weighted by atomic mass is 16.5. The SMILES string of the molecule is CO[C@@]12CC[C@@H](OCC3CC3)C[C@@H]1N(C(=O)c1cccc(C#N)c1)CC2. The third-order valence-corrected chi connectivity index (χ3v) is 6.31. The number of carbonyl (C=O) groups is 1. The van der Waals surface area contributed by atoms with Gasteiger partial charge in [0, 0.05) is 25.8 Å². The second-order valence-electron chi connectivity index (χ2n) is 7.90. The molecule has 1 aliphatic heterocycles. The zero-order valence-electron chi connectivity index (χ0n) is 15.3. The number of rotatable bonds is 5. The molecule has 4 rings (SSSR count). The van der Waals surface area contributed by atoms with Gasteiger partial charge in [0.2, 0.25) is 0 Å². The van der Waals surface area contributed by atoms with Crippen LogP contribution in [0.2, 0.25) is 0 Å². The lowest BCUT2D eigenvalue weighted by Crippen LogP contribution is -2.53. The number of hydrogen-bond donors (Lipinski definition) is 0. The first-order valence-electron chi connectivity index (χ1n) is 9.63. The summed E-state index contributed by atoms with van der Waals surface area (Å²) in [5.74, 6) is 0.744. The van der Waals surface area contributed by atoms with Gasteiger partial charge in [-0.1, -0.05) is 6.07 Å². The number of benzene rings is 1. The van der Waals surface area contributed by atoms with Gasteiger partial charge in [-0.15, -0.1) is 0 Å². The van der Waals surface area contributed by atoms with Crippen molar-refractivity contribution in [3.8, 4) is 6.07 Å². The van der Waals surface area contributed by atoms with E-state index >= 15 is 0 Å². The average Bonchev–Trinajstić information content (AvgIpc) is 3.45. The van der Waals surface area contributed by atoms with E-state index in [1.54, 1.807) is 31.4 Å². The Morgan fingerprint density at radius 1 is 1.35 bits per heavy atom. The van der Waals surface area contributed by atoms with Crippen LogP contribution in [0.25, 0.3) is 0 Å². The van der Waals surface area contributed by atoms with Gasteiger partial charge in [-0.25, -0.2) is 0 Å². The van der Waals surface area contributed by atoms with Gasteiger partial charge in [-0.2, -0.15) is 5.26 Å². The van der Waals surface area contributed by atoms with Gasteiger partial charge in [-0.05, 0) is 62.6 Å². The van der Waals surface area contributed by atoms with E-state index in [4.69, 9.17) is 14.7 Å². The number of fused-ring (bicyclic) bond motifs is 1. The number of ether oxygens (including phenoxy) is 2. The third kappa shape index (κ3) is 3.24. The average molecular weight is 354 g/mol. The Bertz CT molecular complexity index is 724. The molecule has 5 nitrogen and oxygen atoms in total. The molecule has 3 aliphatic rings. The van der Waals surface area contributed by atoms with Crippen molar-refractivity contribution in [1.82, 2.24) is 4.90 Å². The Morgan fingerprint density at radius 2 is 2.19 bits per heavy atom. The van der Waals surface area contributed by atoms with Crippen molar-refractivity contribution in [2.75, 3.05) is 20.3 Å². The maximum absolute atomic E-state index is 13.1. The van der Waals surface area contributed by atoms with Crippen LogP contribution in [-0.4, -0.2) is 48.8 Å². The zero-order valence-corrected chi connectivity index (χ0v) is 15.3. The first-order chi connectivity index (χ1) is 12.6. The van der Waals surface area contributed by atoms with E-state index in [2.05, 4.69) is 6.07 Å². The molecular weight excluding hydrogens is 328 g/mol. The molecule has 1 heterocycles. The summed E-state index contributed by atoms with van der Waals surface area (Å²) in [5.41, 5.74) is 0.849. The summed E-state index contributed by atoms with van der Waals surface area (Å²) in [4.78, 5) is 15.1. The molecule has 2 aliphatic carbocycles. The molecule has 5 heteroatoms. The van der Waals surface area contributed by atoms with Crippen LogP contribution in [0, 0.1) is 17.2 Å².